The van der Waals surface area contributed by atoms with Gasteiger partial charge in [-0.1, -0.05) is 0 Å². The van der Waals surface area contributed by atoms with Gasteiger partial charge in [-0.2, -0.15) is 0 Å². The lowest BCUT2D eigenvalue weighted by Crippen LogP contribution is -2.18. The van der Waals surface area contributed by atoms with Gasteiger partial charge in [-0.15, -0.1) is 0 Å². The van der Waals surface area contributed by atoms with E-state index >= 15 is 0 Å². The molecule has 1 heterocycles. The lowest BCUT2D eigenvalue weighted by Gasteiger charge is -2.11. The predicted octanol–water partition coefficient (Wildman–Crippen LogP) is 1.74. The normalized spacial score (nSPS) is 19.2. The number of benzene rings is 1. The summed E-state index contributed by atoms with van der Waals surface area (Å²) in [7, 11) is 0. The summed E-state index contributed by atoms with van der Waals surface area (Å²) in [4.78, 5) is 11.7. The molecule has 2 rings (SSSR count). The summed E-state index contributed by atoms with van der Waals surface area (Å²) in [5.41, 5.74) is 5.80. The molecule has 0 saturated carbocycles. The first-order chi connectivity index (χ1) is 8.16. The molecule has 0 radical (unpaired) electrons. The molecule has 0 spiro atoms. The van der Waals surface area contributed by atoms with Gasteiger partial charge in [0, 0.05) is 12.3 Å². The monoisotopic (exact) mass is 239 g/mol. The maximum Gasteiger partial charge on any atom is 0.340 e. The lowest BCUT2D eigenvalue weighted by molar-refractivity contribution is 0.0162. The minimum atomic E-state index is -0.544. The molecule has 1 unspecified atom stereocenters. The summed E-state index contributed by atoms with van der Waals surface area (Å²) in [6.07, 6.45) is 1.85. The van der Waals surface area contributed by atoms with Gasteiger partial charge in [-0.25, -0.2) is 9.18 Å². The minimum Gasteiger partial charge on any atom is -0.459 e. The highest BCUT2D eigenvalue weighted by Crippen LogP contribution is 2.16. The van der Waals surface area contributed by atoms with Gasteiger partial charge >= 0.3 is 5.97 Å². The Bertz CT molecular complexity index is 416. The van der Waals surface area contributed by atoms with Crippen molar-refractivity contribution in [2.45, 2.75) is 18.9 Å². The van der Waals surface area contributed by atoms with Gasteiger partial charge < -0.3 is 15.2 Å². The molecule has 1 fully saturated rings. The third kappa shape index (κ3) is 2.94. The summed E-state index contributed by atoms with van der Waals surface area (Å²) in [6, 6.07) is 3.60. The summed E-state index contributed by atoms with van der Waals surface area (Å²) in [5.74, 6) is -1.02. The zero-order valence-corrected chi connectivity index (χ0v) is 9.32. The Morgan fingerprint density at radius 2 is 2.41 bits per heavy atom. The van der Waals surface area contributed by atoms with Gasteiger partial charge in [0.2, 0.25) is 0 Å². The number of esters is 1. The van der Waals surface area contributed by atoms with Gasteiger partial charge in [0.25, 0.3) is 0 Å². The van der Waals surface area contributed by atoms with Crippen molar-refractivity contribution in [2.75, 3.05) is 18.9 Å². The number of halogens is 1. The fourth-order valence-electron chi connectivity index (χ4n) is 1.74. The Balaban J connectivity index is 1.94. The molecule has 0 aromatic heterocycles. The molecule has 17 heavy (non-hydrogen) atoms. The molecule has 1 saturated heterocycles. The standard InChI is InChI=1S/C12H14FNO3/c13-8-3-4-10(11(14)6-8)12(15)17-7-9-2-1-5-16-9/h3-4,6,9H,1-2,5,7,14H2. The molecule has 0 amide bonds. The maximum absolute atomic E-state index is 12.8. The van der Waals surface area contributed by atoms with Crippen molar-refractivity contribution in [3.8, 4) is 0 Å². The van der Waals surface area contributed by atoms with E-state index in [4.69, 9.17) is 15.2 Å². The van der Waals surface area contributed by atoms with Crippen molar-refractivity contribution < 1.29 is 18.7 Å². The Morgan fingerprint density at radius 3 is 3.06 bits per heavy atom. The van der Waals surface area contributed by atoms with Crippen molar-refractivity contribution in [1.82, 2.24) is 0 Å². The number of hydrogen-bond donors (Lipinski definition) is 1. The van der Waals surface area contributed by atoms with E-state index in [0.717, 1.165) is 18.9 Å². The van der Waals surface area contributed by atoms with E-state index in [-0.39, 0.29) is 24.0 Å². The van der Waals surface area contributed by atoms with Gasteiger partial charge in [-0.3, -0.25) is 0 Å². The number of ether oxygens (including phenoxy) is 2. The average molecular weight is 239 g/mol. The van der Waals surface area contributed by atoms with E-state index in [9.17, 15) is 9.18 Å². The van der Waals surface area contributed by atoms with E-state index < -0.39 is 11.8 Å². The fraction of sp³-hybridized carbons (Fsp3) is 0.417. The molecule has 4 nitrogen and oxygen atoms in total. The second kappa shape index (κ2) is 5.14. The molecule has 1 atom stereocenters. The van der Waals surface area contributed by atoms with Crippen LogP contribution in [0.25, 0.3) is 0 Å². The number of nitrogens with two attached hydrogens (primary N) is 1. The molecular weight excluding hydrogens is 225 g/mol. The summed E-state index contributed by atoms with van der Waals surface area (Å²) >= 11 is 0. The van der Waals surface area contributed by atoms with Crippen molar-refractivity contribution >= 4 is 11.7 Å². The minimum absolute atomic E-state index is 0.0272. The number of carbonyl (C=O) groups is 1. The molecular formula is C12H14FNO3. The smallest absolute Gasteiger partial charge is 0.340 e. The highest BCUT2D eigenvalue weighted by molar-refractivity contribution is 5.95. The number of carbonyl (C=O) groups excluding carboxylic acids is 1. The van der Waals surface area contributed by atoms with Crippen LogP contribution >= 0.6 is 0 Å². The third-order valence-electron chi connectivity index (χ3n) is 2.66. The highest BCUT2D eigenvalue weighted by Gasteiger charge is 2.19. The van der Waals surface area contributed by atoms with Gasteiger partial charge in [0.15, 0.2) is 0 Å². The topological polar surface area (TPSA) is 61.6 Å². The molecule has 0 bridgehead atoms. The molecule has 5 heteroatoms. The number of hydrogen-bond acceptors (Lipinski definition) is 4. The van der Waals surface area contributed by atoms with Crippen LogP contribution in [0.4, 0.5) is 10.1 Å². The second-order valence-corrected chi connectivity index (χ2v) is 3.97. The van der Waals surface area contributed by atoms with E-state index in [2.05, 4.69) is 0 Å². The van der Waals surface area contributed by atoms with Crippen LogP contribution in [0.2, 0.25) is 0 Å². The van der Waals surface area contributed by atoms with Crippen LogP contribution in [0.3, 0.4) is 0 Å². The van der Waals surface area contributed by atoms with Crippen LogP contribution in [0, 0.1) is 5.82 Å². The van der Waals surface area contributed by atoms with Crippen molar-refractivity contribution in [3.05, 3.63) is 29.6 Å². The first-order valence-corrected chi connectivity index (χ1v) is 5.50. The van der Waals surface area contributed by atoms with E-state index in [1.165, 1.54) is 12.1 Å². The quantitative estimate of drug-likeness (QED) is 0.644. The highest BCUT2D eigenvalue weighted by atomic mass is 19.1. The van der Waals surface area contributed by atoms with Crippen LogP contribution in [0.1, 0.15) is 23.2 Å². The zero-order valence-electron chi connectivity index (χ0n) is 9.32. The fourth-order valence-corrected chi connectivity index (χ4v) is 1.74. The van der Waals surface area contributed by atoms with Crippen molar-refractivity contribution in [3.63, 3.8) is 0 Å². The summed E-state index contributed by atoms with van der Waals surface area (Å²) in [6.45, 7) is 0.927. The summed E-state index contributed by atoms with van der Waals surface area (Å²) in [5, 5.41) is 0. The second-order valence-electron chi connectivity index (χ2n) is 3.97. The Kier molecular flexibility index (Phi) is 3.58. The van der Waals surface area contributed by atoms with Crippen LogP contribution in [0.5, 0.6) is 0 Å². The van der Waals surface area contributed by atoms with E-state index in [1.807, 2.05) is 0 Å². The molecule has 2 N–H and O–H groups in total. The summed E-state index contributed by atoms with van der Waals surface area (Å²) < 4.78 is 23.2. The predicted molar refractivity (Wildman–Crippen MR) is 60.1 cm³/mol. The molecule has 1 aromatic carbocycles. The molecule has 1 aliphatic heterocycles. The number of anilines is 1. The molecule has 1 aliphatic rings. The van der Waals surface area contributed by atoms with Crippen LogP contribution in [-0.4, -0.2) is 25.3 Å². The molecule has 0 aliphatic carbocycles. The van der Waals surface area contributed by atoms with Gasteiger partial charge in [0.05, 0.1) is 11.7 Å². The lowest BCUT2D eigenvalue weighted by atomic mass is 10.2. The third-order valence-corrected chi connectivity index (χ3v) is 2.66. The average Bonchev–Trinajstić information content (AvgIpc) is 2.78. The van der Waals surface area contributed by atoms with Crippen LogP contribution < -0.4 is 5.73 Å². The Hall–Kier alpha value is -1.62. The van der Waals surface area contributed by atoms with Crippen LogP contribution in [-0.2, 0) is 9.47 Å². The Labute approximate surface area is 98.5 Å². The van der Waals surface area contributed by atoms with Crippen molar-refractivity contribution in [2.24, 2.45) is 0 Å². The van der Waals surface area contributed by atoms with Gasteiger partial charge in [0.1, 0.15) is 12.4 Å². The van der Waals surface area contributed by atoms with Crippen LogP contribution in [0.15, 0.2) is 18.2 Å². The molecule has 1 aromatic rings. The SMILES string of the molecule is Nc1cc(F)ccc1C(=O)OCC1CCCO1. The zero-order chi connectivity index (χ0) is 12.3. The van der Waals surface area contributed by atoms with Gasteiger partial charge in [-0.05, 0) is 31.0 Å². The van der Waals surface area contributed by atoms with E-state index in [0.29, 0.717) is 6.61 Å². The Morgan fingerprint density at radius 1 is 1.59 bits per heavy atom. The number of nitrogen functional groups attached to an aromatic ring is 1. The molecule has 92 valence electrons. The maximum atomic E-state index is 12.8. The first kappa shape index (κ1) is 11.9. The largest absolute Gasteiger partial charge is 0.459 e. The first-order valence-electron chi connectivity index (χ1n) is 5.50. The van der Waals surface area contributed by atoms with E-state index in [1.54, 1.807) is 0 Å². The van der Waals surface area contributed by atoms with Crippen molar-refractivity contribution in [1.29, 1.82) is 0 Å². The number of rotatable bonds is 3.